The van der Waals surface area contributed by atoms with Gasteiger partial charge in [0.25, 0.3) is 5.91 Å². The van der Waals surface area contributed by atoms with Crippen molar-refractivity contribution in [1.29, 1.82) is 5.26 Å². The summed E-state index contributed by atoms with van der Waals surface area (Å²) in [6.07, 6.45) is -1.05. The fraction of sp³-hybridized carbons (Fsp3) is 0.125. The number of nitrogens with one attached hydrogen (secondary N) is 1. The molecule has 156 valence electrons. The number of para-hydroxylation sites is 2. The zero-order chi connectivity index (χ0) is 22.1. The fourth-order valence-corrected chi connectivity index (χ4v) is 2.58. The molecule has 3 aromatic rings. The molecule has 0 saturated carbocycles. The molecular formula is C24H20N2O5. The van der Waals surface area contributed by atoms with Crippen LogP contribution in [-0.4, -0.2) is 24.6 Å². The summed E-state index contributed by atoms with van der Waals surface area (Å²) in [6, 6.07) is 24.7. The van der Waals surface area contributed by atoms with Crippen LogP contribution in [0.1, 0.15) is 12.5 Å². The van der Waals surface area contributed by atoms with Crippen molar-refractivity contribution in [3.05, 3.63) is 84.4 Å². The molecule has 31 heavy (non-hydrogen) atoms. The van der Waals surface area contributed by atoms with Crippen molar-refractivity contribution in [2.45, 2.75) is 13.0 Å². The molecule has 0 aromatic heterocycles. The van der Waals surface area contributed by atoms with Crippen molar-refractivity contribution in [2.75, 3.05) is 11.9 Å². The maximum atomic E-state index is 12.2. The third-order valence-corrected chi connectivity index (χ3v) is 4.14. The van der Waals surface area contributed by atoms with Gasteiger partial charge in [0.05, 0.1) is 11.3 Å². The number of hydrogen-bond donors (Lipinski definition) is 1. The first kappa shape index (κ1) is 21.4. The van der Waals surface area contributed by atoms with Gasteiger partial charge in [-0.3, -0.25) is 4.79 Å². The van der Waals surface area contributed by atoms with Crippen LogP contribution in [0.15, 0.2) is 78.9 Å². The monoisotopic (exact) mass is 416 g/mol. The molecule has 1 N–H and O–H groups in total. The molecular weight excluding hydrogens is 396 g/mol. The number of nitriles is 1. The molecule has 7 heteroatoms. The van der Waals surface area contributed by atoms with Gasteiger partial charge < -0.3 is 19.5 Å². The van der Waals surface area contributed by atoms with E-state index in [0.29, 0.717) is 28.5 Å². The topological polar surface area (TPSA) is 97.7 Å². The third-order valence-electron chi connectivity index (χ3n) is 4.14. The Morgan fingerprint density at radius 2 is 1.52 bits per heavy atom. The average Bonchev–Trinajstić information content (AvgIpc) is 2.79. The minimum atomic E-state index is -1.05. The first-order valence-electron chi connectivity index (χ1n) is 9.50. The number of rotatable bonds is 8. The Balaban J connectivity index is 1.46. The second-order valence-corrected chi connectivity index (χ2v) is 6.45. The lowest BCUT2D eigenvalue weighted by Crippen LogP contribution is -2.31. The number of carbonyl (C=O) groups is 2. The van der Waals surface area contributed by atoms with Crippen LogP contribution >= 0.6 is 0 Å². The van der Waals surface area contributed by atoms with Gasteiger partial charge in [-0.1, -0.05) is 30.3 Å². The van der Waals surface area contributed by atoms with Crippen molar-refractivity contribution in [2.24, 2.45) is 0 Å². The summed E-state index contributed by atoms with van der Waals surface area (Å²) >= 11 is 0. The van der Waals surface area contributed by atoms with E-state index in [1.807, 2.05) is 36.4 Å². The van der Waals surface area contributed by atoms with Gasteiger partial charge in [0, 0.05) is 0 Å². The van der Waals surface area contributed by atoms with Gasteiger partial charge >= 0.3 is 5.97 Å². The van der Waals surface area contributed by atoms with E-state index in [2.05, 4.69) is 5.32 Å². The summed E-state index contributed by atoms with van der Waals surface area (Å²) in [7, 11) is 0. The number of nitrogens with zero attached hydrogens (tertiary/aromatic N) is 1. The lowest BCUT2D eigenvalue weighted by molar-refractivity contribution is -0.155. The number of ether oxygens (including phenoxy) is 3. The highest BCUT2D eigenvalue weighted by atomic mass is 16.6. The second kappa shape index (κ2) is 10.5. The van der Waals surface area contributed by atoms with Gasteiger partial charge in [-0.2, -0.15) is 5.26 Å². The zero-order valence-electron chi connectivity index (χ0n) is 16.8. The Kier molecular flexibility index (Phi) is 7.22. The van der Waals surface area contributed by atoms with Crippen LogP contribution < -0.4 is 14.8 Å². The van der Waals surface area contributed by atoms with Crippen LogP contribution in [0.2, 0.25) is 0 Å². The summed E-state index contributed by atoms with van der Waals surface area (Å²) in [4.78, 5) is 24.2. The van der Waals surface area contributed by atoms with E-state index < -0.39 is 18.0 Å². The molecule has 7 nitrogen and oxygen atoms in total. The van der Waals surface area contributed by atoms with Crippen molar-refractivity contribution in [1.82, 2.24) is 0 Å². The Morgan fingerprint density at radius 1 is 0.903 bits per heavy atom. The molecule has 0 radical (unpaired) electrons. The first-order valence-corrected chi connectivity index (χ1v) is 9.50. The minimum Gasteiger partial charge on any atom is -0.482 e. The molecule has 0 heterocycles. The number of benzene rings is 3. The molecule has 0 saturated heterocycles. The van der Waals surface area contributed by atoms with Gasteiger partial charge in [-0.05, 0) is 55.5 Å². The highest BCUT2D eigenvalue weighted by Crippen LogP contribution is 2.23. The van der Waals surface area contributed by atoms with Crippen LogP contribution in [0, 0.1) is 11.3 Å². The molecule has 0 aliphatic carbocycles. The third kappa shape index (κ3) is 6.34. The normalized spacial score (nSPS) is 11.0. The van der Waals surface area contributed by atoms with Crippen LogP contribution in [0.3, 0.4) is 0 Å². The van der Waals surface area contributed by atoms with Crippen molar-refractivity contribution < 1.29 is 23.8 Å². The van der Waals surface area contributed by atoms with Crippen molar-refractivity contribution in [3.8, 4) is 23.3 Å². The van der Waals surface area contributed by atoms with Gasteiger partial charge in [0.2, 0.25) is 0 Å². The van der Waals surface area contributed by atoms with Gasteiger partial charge in [-0.25, -0.2) is 4.79 Å². The zero-order valence-corrected chi connectivity index (χ0v) is 16.8. The van der Waals surface area contributed by atoms with E-state index in [9.17, 15) is 9.59 Å². The predicted octanol–water partition coefficient (Wildman–Crippen LogP) is 4.30. The van der Waals surface area contributed by atoms with E-state index >= 15 is 0 Å². The molecule has 3 rings (SSSR count). The van der Waals surface area contributed by atoms with Crippen molar-refractivity contribution in [3.63, 3.8) is 0 Å². The largest absolute Gasteiger partial charge is 0.482 e. The molecule has 1 amide bonds. The summed E-state index contributed by atoms with van der Waals surface area (Å²) in [6.45, 7) is 1.09. The van der Waals surface area contributed by atoms with Gasteiger partial charge in [-0.15, -0.1) is 0 Å². The number of amides is 1. The lowest BCUT2D eigenvalue weighted by atomic mass is 10.2. The molecule has 3 aromatic carbocycles. The minimum absolute atomic E-state index is 0.317. The van der Waals surface area contributed by atoms with Crippen molar-refractivity contribution >= 4 is 17.6 Å². The molecule has 0 aliphatic rings. The highest BCUT2D eigenvalue weighted by Gasteiger charge is 2.19. The van der Waals surface area contributed by atoms with E-state index in [0.717, 1.165) is 0 Å². The van der Waals surface area contributed by atoms with Crippen LogP contribution in [-0.2, 0) is 14.3 Å². The van der Waals surface area contributed by atoms with E-state index in [1.54, 1.807) is 48.5 Å². The van der Waals surface area contributed by atoms with Gasteiger partial charge in [0.15, 0.2) is 12.7 Å². The lowest BCUT2D eigenvalue weighted by Gasteiger charge is -2.14. The first-order chi connectivity index (χ1) is 15.0. The predicted molar refractivity (Wildman–Crippen MR) is 114 cm³/mol. The number of carbonyl (C=O) groups excluding carboxylic acids is 2. The van der Waals surface area contributed by atoms with Crippen LogP contribution in [0.5, 0.6) is 17.2 Å². The van der Waals surface area contributed by atoms with E-state index in [4.69, 9.17) is 19.5 Å². The number of esters is 1. The van der Waals surface area contributed by atoms with Crippen LogP contribution in [0.25, 0.3) is 0 Å². The Hall–Kier alpha value is -4.31. The molecule has 0 aliphatic heterocycles. The summed E-state index contributed by atoms with van der Waals surface area (Å²) in [5.74, 6) is 0.560. The Labute approximate surface area is 179 Å². The number of anilines is 1. The standard InChI is InChI=1S/C24H20N2O5/c1-17(24(28)26-22-10-6-5-7-18(22)15-25)30-23(27)16-29-19-11-13-21(14-12-19)31-20-8-3-2-4-9-20/h2-14,17H,16H2,1H3,(H,26,28). The highest BCUT2D eigenvalue weighted by molar-refractivity contribution is 5.96. The maximum Gasteiger partial charge on any atom is 0.344 e. The summed E-state index contributed by atoms with van der Waals surface area (Å²) < 4.78 is 16.2. The molecule has 0 spiro atoms. The average molecular weight is 416 g/mol. The van der Waals surface area contributed by atoms with E-state index in [-0.39, 0.29) is 6.61 Å². The molecule has 0 fully saturated rings. The molecule has 1 unspecified atom stereocenters. The van der Waals surface area contributed by atoms with Crippen LogP contribution in [0.4, 0.5) is 5.69 Å². The SMILES string of the molecule is CC(OC(=O)COc1ccc(Oc2ccccc2)cc1)C(=O)Nc1ccccc1C#N. The summed E-state index contributed by atoms with van der Waals surface area (Å²) in [5.41, 5.74) is 0.671. The quantitative estimate of drug-likeness (QED) is 0.550. The number of hydrogen-bond acceptors (Lipinski definition) is 6. The molecule has 1 atom stereocenters. The maximum absolute atomic E-state index is 12.2. The second-order valence-electron chi connectivity index (χ2n) is 6.45. The summed E-state index contributed by atoms with van der Waals surface area (Å²) in [5, 5.41) is 11.6. The van der Waals surface area contributed by atoms with E-state index in [1.165, 1.54) is 6.92 Å². The molecule has 0 bridgehead atoms. The Bertz CT molecular complexity index is 1080. The van der Waals surface area contributed by atoms with Gasteiger partial charge in [0.1, 0.15) is 23.3 Å². The fourth-order valence-electron chi connectivity index (χ4n) is 2.58. The smallest absolute Gasteiger partial charge is 0.344 e. The Morgan fingerprint density at radius 3 is 2.23 bits per heavy atom.